The van der Waals surface area contributed by atoms with Gasteiger partial charge < -0.3 is 11.1 Å². The summed E-state index contributed by atoms with van der Waals surface area (Å²) in [5.41, 5.74) is 4.99. The number of hydroxylamine groups is 2. The average Bonchev–Trinajstić information content (AvgIpc) is 3.15. The third kappa shape index (κ3) is 3.82. The highest BCUT2D eigenvalue weighted by Crippen LogP contribution is 2.46. The third-order valence-corrected chi connectivity index (χ3v) is 5.53. The molecule has 0 unspecified atom stereocenters. The maximum atomic E-state index is 13.6. The van der Waals surface area contributed by atoms with Crippen molar-refractivity contribution in [3.8, 4) is 0 Å². The number of benzene rings is 1. The van der Waals surface area contributed by atoms with Crippen LogP contribution in [0.15, 0.2) is 30.5 Å². The molecule has 10 heteroatoms. The number of rotatable bonds is 5. The van der Waals surface area contributed by atoms with Crippen LogP contribution in [0, 0.1) is 17.0 Å². The summed E-state index contributed by atoms with van der Waals surface area (Å²) in [7, 11) is 0. The number of carbonyl (C=O) groups excluding carboxylic acids is 2. The Bertz CT molecular complexity index is 976. The minimum absolute atomic E-state index is 0.0743. The van der Waals surface area contributed by atoms with Gasteiger partial charge in [-0.2, -0.15) is 0 Å². The maximum Gasteiger partial charge on any atom is 0.267 e. The van der Waals surface area contributed by atoms with E-state index in [0.717, 1.165) is 6.07 Å². The number of nitrogens with two attached hydrogens (primary N) is 1. The molecule has 1 saturated carbocycles. The van der Waals surface area contributed by atoms with Gasteiger partial charge in [0.2, 0.25) is 5.95 Å². The number of amides is 2. The van der Waals surface area contributed by atoms with Gasteiger partial charge in [0.05, 0.1) is 18.1 Å². The summed E-state index contributed by atoms with van der Waals surface area (Å²) in [5, 5.41) is 4.34. The fraction of sp³-hybridized carbons (Fsp3) is 0.400. The molecule has 0 spiro atoms. The lowest BCUT2D eigenvalue weighted by molar-refractivity contribution is -0.192. The van der Waals surface area contributed by atoms with E-state index in [1.54, 1.807) is 0 Å². The van der Waals surface area contributed by atoms with Gasteiger partial charge in [0.1, 0.15) is 17.3 Å². The van der Waals surface area contributed by atoms with Gasteiger partial charge in [-0.05, 0) is 36.6 Å². The average molecular weight is 417 g/mol. The lowest BCUT2D eigenvalue weighted by Crippen LogP contribution is -2.53. The number of hydrogen-bond acceptors (Lipinski definition) is 6. The quantitative estimate of drug-likeness (QED) is 0.773. The van der Waals surface area contributed by atoms with Crippen molar-refractivity contribution < 1.29 is 23.2 Å². The van der Waals surface area contributed by atoms with Crippen LogP contribution in [0.4, 0.5) is 14.7 Å². The standard InChI is InChI=1S/C20H21F2N5O3/c1-20(9-14(10-20)25-19-24-4-2-15(26-19)17(23)28)18(29)27-16(3-5-30-27)11-6-12(21)8-13(22)7-11/h2,4,6-8,14,16H,3,5,9-10H2,1H3,(H2,23,28)(H,24,25,26)/t14?,16-,20?/m0/s1. The molecule has 158 valence electrons. The molecule has 2 fully saturated rings. The predicted molar refractivity (Wildman–Crippen MR) is 102 cm³/mol. The van der Waals surface area contributed by atoms with Crippen LogP contribution in [-0.2, 0) is 9.63 Å². The Hall–Kier alpha value is -3.14. The monoisotopic (exact) mass is 417 g/mol. The van der Waals surface area contributed by atoms with Crippen molar-refractivity contribution in [2.75, 3.05) is 11.9 Å². The minimum Gasteiger partial charge on any atom is -0.364 e. The molecule has 1 aliphatic heterocycles. The lowest BCUT2D eigenvalue weighted by atomic mass is 9.66. The SMILES string of the molecule is CC1(C(=O)N2OCC[C@H]2c2cc(F)cc(F)c2)CC(Nc2nccc(C(N)=O)n2)C1. The van der Waals surface area contributed by atoms with E-state index < -0.39 is 29.0 Å². The first-order chi connectivity index (χ1) is 14.2. The number of hydrogen-bond donors (Lipinski definition) is 2. The van der Waals surface area contributed by atoms with Gasteiger partial charge in [-0.1, -0.05) is 6.92 Å². The number of primary amides is 1. The highest BCUT2D eigenvalue weighted by molar-refractivity contribution is 5.90. The van der Waals surface area contributed by atoms with Crippen molar-refractivity contribution in [1.29, 1.82) is 0 Å². The molecule has 1 aromatic carbocycles. The van der Waals surface area contributed by atoms with Crippen LogP contribution in [0.2, 0.25) is 0 Å². The Morgan fingerprint density at radius 3 is 2.63 bits per heavy atom. The molecular formula is C20H21F2N5O3. The summed E-state index contributed by atoms with van der Waals surface area (Å²) in [6.07, 6.45) is 2.86. The molecule has 2 aromatic rings. The van der Waals surface area contributed by atoms with Crippen LogP contribution in [0.5, 0.6) is 0 Å². The van der Waals surface area contributed by atoms with Crippen LogP contribution in [0.3, 0.4) is 0 Å². The van der Waals surface area contributed by atoms with Crippen molar-refractivity contribution in [2.45, 2.75) is 38.3 Å². The molecular weight excluding hydrogens is 396 g/mol. The molecule has 2 aliphatic rings. The van der Waals surface area contributed by atoms with Crippen molar-refractivity contribution in [2.24, 2.45) is 11.1 Å². The Morgan fingerprint density at radius 2 is 1.97 bits per heavy atom. The molecule has 1 aromatic heterocycles. The van der Waals surface area contributed by atoms with E-state index in [1.807, 2.05) is 6.92 Å². The fourth-order valence-corrected chi connectivity index (χ4v) is 4.06. The molecule has 1 atom stereocenters. The number of aromatic nitrogens is 2. The highest BCUT2D eigenvalue weighted by Gasteiger charge is 2.51. The Kier molecular flexibility index (Phi) is 5.10. The molecule has 1 aliphatic carbocycles. The van der Waals surface area contributed by atoms with E-state index in [-0.39, 0.29) is 23.6 Å². The van der Waals surface area contributed by atoms with Crippen molar-refractivity contribution in [3.63, 3.8) is 0 Å². The van der Waals surface area contributed by atoms with E-state index in [1.165, 1.54) is 29.5 Å². The van der Waals surface area contributed by atoms with Crippen LogP contribution >= 0.6 is 0 Å². The Balaban J connectivity index is 1.42. The van der Waals surface area contributed by atoms with Gasteiger partial charge in [0, 0.05) is 24.7 Å². The van der Waals surface area contributed by atoms with E-state index in [2.05, 4.69) is 15.3 Å². The molecule has 0 radical (unpaired) electrons. The van der Waals surface area contributed by atoms with Gasteiger partial charge in [-0.3, -0.25) is 14.4 Å². The second-order valence-electron chi connectivity index (χ2n) is 7.91. The van der Waals surface area contributed by atoms with E-state index in [4.69, 9.17) is 10.6 Å². The summed E-state index contributed by atoms with van der Waals surface area (Å²) in [6, 6.07) is 4.04. The van der Waals surface area contributed by atoms with Gasteiger partial charge in [-0.25, -0.2) is 23.8 Å². The summed E-state index contributed by atoms with van der Waals surface area (Å²) >= 11 is 0. The summed E-state index contributed by atoms with van der Waals surface area (Å²) in [4.78, 5) is 38.0. The van der Waals surface area contributed by atoms with E-state index in [9.17, 15) is 18.4 Å². The summed E-state index contributed by atoms with van der Waals surface area (Å²) < 4.78 is 27.2. The normalized spacial score (nSPS) is 25.6. The Labute approximate surface area is 171 Å². The smallest absolute Gasteiger partial charge is 0.267 e. The largest absolute Gasteiger partial charge is 0.364 e. The second kappa shape index (κ2) is 7.60. The number of nitrogens with one attached hydrogen (secondary N) is 1. The van der Waals surface area contributed by atoms with Gasteiger partial charge in [-0.15, -0.1) is 0 Å². The molecule has 3 N–H and O–H groups in total. The first kappa shape index (κ1) is 20.1. The summed E-state index contributed by atoms with van der Waals surface area (Å²) in [5.74, 6) is -2.01. The van der Waals surface area contributed by atoms with Crippen molar-refractivity contribution >= 4 is 17.8 Å². The van der Waals surface area contributed by atoms with E-state index >= 15 is 0 Å². The highest BCUT2D eigenvalue weighted by atomic mass is 19.1. The maximum absolute atomic E-state index is 13.6. The number of carbonyl (C=O) groups is 2. The van der Waals surface area contributed by atoms with Crippen molar-refractivity contribution in [3.05, 3.63) is 53.4 Å². The zero-order chi connectivity index (χ0) is 21.5. The lowest BCUT2D eigenvalue weighted by Gasteiger charge is -2.46. The minimum atomic E-state index is -0.701. The van der Waals surface area contributed by atoms with Gasteiger partial charge in [0.15, 0.2) is 0 Å². The fourth-order valence-electron chi connectivity index (χ4n) is 4.06. The van der Waals surface area contributed by atoms with Crippen LogP contribution < -0.4 is 11.1 Å². The van der Waals surface area contributed by atoms with Gasteiger partial charge >= 0.3 is 0 Å². The van der Waals surface area contributed by atoms with Crippen molar-refractivity contribution in [1.82, 2.24) is 15.0 Å². The van der Waals surface area contributed by atoms with Crippen LogP contribution in [0.1, 0.15) is 48.3 Å². The van der Waals surface area contributed by atoms with Gasteiger partial charge in [0.25, 0.3) is 11.8 Å². The molecule has 4 rings (SSSR count). The predicted octanol–water partition coefficient (Wildman–Crippen LogP) is 2.34. The Morgan fingerprint density at radius 1 is 1.27 bits per heavy atom. The molecule has 1 saturated heterocycles. The first-order valence-electron chi connectivity index (χ1n) is 9.57. The molecule has 0 bridgehead atoms. The first-order valence-corrected chi connectivity index (χ1v) is 9.57. The van der Waals surface area contributed by atoms with E-state index in [0.29, 0.717) is 31.4 Å². The number of nitrogens with zero attached hydrogens (tertiary/aromatic N) is 3. The third-order valence-electron chi connectivity index (χ3n) is 5.53. The molecule has 2 heterocycles. The second-order valence-corrected chi connectivity index (χ2v) is 7.91. The number of anilines is 1. The topological polar surface area (TPSA) is 110 Å². The molecule has 2 amide bonds. The number of halogens is 2. The molecule has 8 nitrogen and oxygen atoms in total. The van der Waals surface area contributed by atoms with Crippen LogP contribution in [0.25, 0.3) is 0 Å². The summed E-state index contributed by atoms with van der Waals surface area (Å²) in [6.45, 7) is 2.11. The zero-order valence-electron chi connectivity index (χ0n) is 16.3. The molecule has 30 heavy (non-hydrogen) atoms. The zero-order valence-corrected chi connectivity index (χ0v) is 16.3. The van der Waals surface area contributed by atoms with Crippen LogP contribution in [-0.4, -0.2) is 39.5 Å².